The summed E-state index contributed by atoms with van der Waals surface area (Å²) in [4.78, 5) is 0. The van der Waals surface area contributed by atoms with E-state index in [1.54, 1.807) is 13.8 Å². The van der Waals surface area contributed by atoms with Gasteiger partial charge in [0.25, 0.3) is 0 Å². The molecule has 0 aromatic carbocycles. The van der Waals surface area contributed by atoms with Crippen molar-refractivity contribution in [2.45, 2.75) is 44.6 Å². The Morgan fingerprint density at radius 3 is 2.31 bits per heavy atom. The third-order valence-corrected chi connectivity index (χ3v) is 2.00. The Balaban J connectivity index is 2.75. The molecule has 1 heterocycles. The number of rotatable bonds is 2. The highest BCUT2D eigenvalue weighted by Crippen LogP contribution is 2.39. The molecule has 1 aliphatic rings. The van der Waals surface area contributed by atoms with Gasteiger partial charge >= 0.3 is 6.18 Å². The van der Waals surface area contributed by atoms with E-state index in [-0.39, 0.29) is 19.1 Å². The molecule has 0 spiro atoms. The fourth-order valence-corrected chi connectivity index (χ4v) is 1.53. The third kappa shape index (κ3) is 2.14. The summed E-state index contributed by atoms with van der Waals surface area (Å²) in [5, 5.41) is 2.45. The van der Waals surface area contributed by atoms with Gasteiger partial charge < -0.3 is 4.74 Å². The van der Waals surface area contributed by atoms with Crippen LogP contribution in [-0.4, -0.2) is 24.6 Å². The van der Waals surface area contributed by atoms with Crippen molar-refractivity contribution in [1.29, 1.82) is 0 Å². The maximum Gasteiger partial charge on any atom is 0.431 e. The second-order valence-corrected chi connectivity index (χ2v) is 3.58. The topological polar surface area (TPSA) is 21.3 Å². The summed E-state index contributed by atoms with van der Waals surface area (Å²) in [5.41, 5.74) is -2.10. The van der Waals surface area contributed by atoms with Crippen LogP contribution in [0.4, 0.5) is 13.2 Å². The summed E-state index contributed by atoms with van der Waals surface area (Å²) >= 11 is 0. The van der Waals surface area contributed by atoms with E-state index in [0.29, 0.717) is 6.42 Å². The normalized spacial score (nSPS) is 30.0. The third-order valence-electron chi connectivity index (χ3n) is 2.00. The molecular weight excluding hydrogens is 183 g/mol. The van der Waals surface area contributed by atoms with Crippen LogP contribution in [-0.2, 0) is 4.74 Å². The Labute approximate surface area is 75.4 Å². The van der Waals surface area contributed by atoms with Crippen molar-refractivity contribution < 1.29 is 17.9 Å². The van der Waals surface area contributed by atoms with E-state index in [2.05, 4.69) is 5.32 Å². The molecule has 0 aromatic heterocycles. The van der Waals surface area contributed by atoms with Gasteiger partial charge in [-0.15, -0.1) is 0 Å². The molecule has 13 heavy (non-hydrogen) atoms. The first-order valence-electron chi connectivity index (χ1n) is 4.36. The molecule has 1 fully saturated rings. The maximum atomic E-state index is 12.6. The number of hydrogen-bond donors (Lipinski definition) is 1. The van der Waals surface area contributed by atoms with Gasteiger partial charge in [0.05, 0.1) is 0 Å². The number of ether oxygens (including phenoxy) is 1. The van der Waals surface area contributed by atoms with E-state index in [1.807, 2.05) is 0 Å². The highest BCUT2D eigenvalue weighted by molar-refractivity contribution is 4.90. The van der Waals surface area contributed by atoms with Crippen molar-refractivity contribution >= 4 is 0 Å². The summed E-state index contributed by atoms with van der Waals surface area (Å²) in [5.74, 6) is 0. The minimum absolute atomic E-state index is 0.00861. The Morgan fingerprint density at radius 1 is 1.38 bits per heavy atom. The van der Waals surface area contributed by atoms with Crippen LogP contribution in [0.3, 0.4) is 0 Å². The Kier molecular flexibility index (Phi) is 2.87. The van der Waals surface area contributed by atoms with Crippen LogP contribution in [0.1, 0.15) is 26.7 Å². The quantitative estimate of drug-likeness (QED) is 0.731. The second kappa shape index (κ2) is 3.46. The lowest BCUT2D eigenvalue weighted by Crippen LogP contribution is -2.58. The number of nitrogens with one attached hydrogen (secondary N) is 1. The van der Waals surface area contributed by atoms with Gasteiger partial charge in [0.2, 0.25) is 5.72 Å². The van der Waals surface area contributed by atoms with Gasteiger partial charge in [-0.05, 0) is 20.3 Å². The highest BCUT2D eigenvalue weighted by atomic mass is 19.4. The van der Waals surface area contributed by atoms with Crippen LogP contribution >= 0.6 is 0 Å². The van der Waals surface area contributed by atoms with Crippen LogP contribution in [0.15, 0.2) is 0 Å². The Morgan fingerprint density at radius 2 is 2.00 bits per heavy atom. The molecule has 2 nitrogen and oxygen atoms in total. The molecular formula is C8H14F3NO. The van der Waals surface area contributed by atoms with E-state index < -0.39 is 11.9 Å². The SMILES string of the molecule is CC(C)NC1(C(F)(F)F)CCCO1. The monoisotopic (exact) mass is 197 g/mol. The first-order chi connectivity index (χ1) is 5.87. The lowest BCUT2D eigenvalue weighted by molar-refractivity contribution is -0.277. The fraction of sp³-hybridized carbons (Fsp3) is 1.00. The molecule has 1 atom stereocenters. The molecule has 1 saturated heterocycles. The lowest BCUT2D eigenvalue weighted by Gasteiger charge is -2.33. The largest absolute Gasteiger partial charge is 0.431 e. The maximum absolute atomic E-state index is 12.6. The van der Waals surface area contributed by atoms with Crippen LogP contribution in [0.5, 0.6) is 0 Å². The first-order valence-corrected chi connectivity index (χ1v) is 4.36. The fourth-order valence-electron chi connectivity index (χ4n) is 1.53. The van der Waals surface area contributed by atoms with Gasteiger partial charge in [0.1, 0.15) is 0 Å². The number of halogens is 3. The molecule has 0 saturated carbocycles. The highest BCUT2D eigenvalue weighted by Gasteiger charge is 2.57. The van der Waals surface area contributed by atoms with Gasteiger partial charge in [0, 0.05) is 19.1 Å². The van der Waals surface area contributed by atoms with E-state index in [4.69, 9.17) is 4.74 Å². The van der Waals surface area contributed by atoms with Crippen molar-refractivity contribution in [2.75, 3.05) is 6.61 Å². The molecule has 78 valence electrons. The van der Waals surface area contributed by atoms with Crippen molar-refractivity contribution in [3.8, 4) is 0 Å². The zero-order chi connectivity index (χ0) is 10.1. The summed E-state index contributed by atoms with van der Waals surface area (Å²) < 4.78 is 42.5. The van der Waals surface area contributed by atoms with Gasteiger partial charge in [-0.25, -0.2) is 0 Å². The van der Waals surface area contributed by atoms with E-state index in [0.717, 1.165) is 0 Å². The number of alkyl halides is 3. The molecule has 0 bridgehead atoms. The molecule has 5 heteroatoms. The number of hydrogen-bond acceptors (Lipinski definition) is 2. The summed E-state index contributed by atoms with van der Waals surface area (Å²) in [6.07, 6.45) is -3.86. The average Bonchev–Trinajstić information content (AvgIpc) is 2.33. The minimum Gasteiger partial charge on any atom is -0.352 e. The minimum atomic E-state index is -4.33. The molecule has 1 N–H and O–H groups in total. The standard InChI is InChI=1S/C8H14F3NO/c1-6(2)12-7(8(9,10)11)4-3-5-13-7/h6,12H,3-5H2,1-2H3. The second-order valence-electron chi connectivity index (χ2n) is 3.58. The van der Waals surface area contributed by atoms with Gasteiger partial charge in [-0.3, -0.25) is 5.32 Å². The van der Waals surface area contributed by atoms with Crippen LogP contribution in [0.2, 0.25) is 0 Å². The first kappa shape index (κ1) is 10.8. The van der Waals surface area contributed by atoms with Crippen LogP contribution in [0.25, 0.3) is 0 Å². The Bertz CT molecular complexity index is 173. The molecule has 0 aromatic rings. The van der Waals surface area contributed by atoms with Gasteiger partial charge in [0.15, 0.2) is 0 Å². The molecule has 0 aliphatic carbocycles. The van der Waals surface area contributed by atoms with Crippen molar-refractivity contribution in [3.63, 3.8) is 0 Å². The smallest absolute Gasteiger partial charge is 0.352 e. The summed E-state index contributed by atoms with van der Waals surface area (Å²) in [6.45, 7) is 3.53. The van der Waals surface area contributed by atoms with Crippen molar-refractivity contribution in [1.82, 2.24) is 5.32 Å². The summed E-state index contributed by atoms with van der Waals surface area (Å²) in [7, 11) is 0. The van der Waals surface area contributed by atoms with Gasteiger partial charge in [-0.2, -0.15) is 13.2 Å². The summed E-state index contributed by atoms with van der Waals surface area (Å²) in [6, 6.07) is -0.236. The predicted molar refractivity (Wildman–Crippen MR) is 42.2 cm³/mol. The molecule has 1 unspecified atom stereocenters. The molecule has 0 radical (unpaired) electrons. The van der Waals surface area contributed by atoms with E-state index in [9.17, 15) is 13.2 Å². The van der Waals surface area contributed by atoms with E-state index in [1.165, 1.54) is 0 Å². The van der Waals surface area contributed by atoms with Crippen LogP contribution in [0, 0.1) is 0 Å². The predicted octanol–water partition coefficient (Wildman–Crippen LogP) is 2.05. The molecule has 0 amide bonds. The van der Waals surface area contributed by atoms with Crippen LogP contribution < -0.4 is 5.32 Å². The van der Waals surface area contributed by atoms with Crippen molar-refractivity contribution in [3.05, 3.63) is 0 Å². The zero-order valence-electron chi connectivity index (χ0n) is 7.74. The van der Waals surface area contributed by atoms with Gasteiger partial charge in [-0.1, -0.05) is 0 Å². The van der Waals surface area contributed by atoms with E-state index >= 15 is 0 Å². The molecule has 1 aliphatic heterocycles. The zero-order valence-corrected chi connectivity index (χ0v) is 7.74. The average molecular weight is 197 g/mol. The lowest BCUT2D eigenvalue weighted by atomic mass is 10.1. The molecule has 1 rings (SSSR count). The Hall–Kier alpha value is -0.290. The van der Waals surface area contributed by atoms with Crippen molar-refractivity contribution in [2.24, 2.45) is 0 Å².